The van der Waals surface area contributed by atoms with Crippen molar-refractivity contribution >= 4 is 21.8 Å². The fraction of sp³-hybridized carbons (Fsp3) is 0.0625. The number of ether oxygens (including phenoxy) is 1. The van der Waals surface area contributed by atoms with Crippen LogP contribution in [0.2, 0.25) is 0 Å². The maximum atomic E-state index is 7.14. The van der Waals surface area contributed by atoms with Crippen molar-refractivity contribution in [1.29, 1.82) is 0 Å². The van der Waals surface area contributed by atoms with E-state index in [0.717, 1.165) is 61.6 Å². The molecule has 0 spiro atoms. The highest BCUT2D eigenvalue weighted by molar-refractivity contribution is 6.10. The molecule has 0 fully saturated rings. The molecule has 53 heavy (non-hydrogen) atoms. The summed E-state index contributed by atoms with van der Waals surface area (Å²) in [5.41, 5.74) is 10.2. The highest BCUT2D eigenvalue weighted by Gasteiger charge is 2.37. The highest BCUT2D eigenvalue weighted by Crippen LogP contribution is 2.54. The Morgan fingerprint density at radius 3 is 1.62 bits per heavy atom. The molecular weight excluding hydrogens is 649 g/mol. The van der Waals surface area contributed by atoms with Gasteiger partial charge in [0.25, 0.3) is 0 Å². The van der Waals surface area contributed by atoms with E-state index in [-0.39, 0.29) is 5.41 Å². The predicted molar refractivity (Wildman–Crippen MR) is 215 cm³/mol. The summed E-state index contributed by atoms with van der Waals surface area (Å²) in [5.74, 6) is 3.42. The zero-order valence-electron chi connectivity index (χ0n) is 29.4. The van der Waals surface area contributed by atoms with Crippen LogP contribution in [0.1, 0.15) is 25.0 Å². The van der Waals surface area contributed by atoms with Crippen LogP contribution < -0.4 is 4.74 Å². The van der Waals surface area contributed by atoms with Crippen LogP contribution in [0, 0.1) is 0 Å². The molecule has 252 valence electrons. The van der Waals surface area contributed by atoms with E-state index in [1.54, 1.807) is 0 Å². The van der Waals surface area contributed by atoms with Crippen molar-refractivity contribution in [2.24, 2.45) is 0 Å². The molecule has 0 saturated carbocycles. The van der Waals surface area contributed by atoms with Gasteiger partial charge >= 0.3 is 0 Å². The van der Waals surface area contributed by atoms with Gasteiger partial charge in [-0.25, -0.2) is 15.0 Å². The molecule has 3 heterocycles. The van der Waals surface area contributed by atoms with Crippen LogP contribution in [0.15, 0.2) is 170 Å². The van der Waals surface area contributed by atoms with Crippen molar-refractivity contribution in [3.8, 4) is 62.5 Å². The number of benzene rings is 7. The summed E-state index contributed by atoms with van der Waals surface area (Å²) in [6, 6.07) is 59.0. The molecule has 0 radical (unpaired) electrons. The van der Waals surface area contributed by atoms with Gasteiger partial charge in [-0.05, 0) is 42.0 Å². The average molecular weight is 683 g/mol. The SMILES string of the molecule is CC1(C)c2cccc(-c3ccc4c(c3)c3ccccc3n4-c3ccccc3)c2Oc2c(-c3nc(-c4ccccc4)nc(-c4ccccc4)n3)cccc21. The van der Waals surface area contributed by atoms with E-state index in [2.05, 4.69) is 128 Å². The Morgan fingerprint density at radius 2 is 0.962 bits per heavy atom. The Labute approximate surface area is 307 Å². The molecule has 5 heteroatoms. The lowest BCUT2D eigenvalue weighted by molar-refractivity contribution is 0.421. The van der Waals surface area contributed by atoms with E-state index in [0.29, 0.717) is 17.5 Å². The summed E-state index contributed by atoms with van der Waals surface area (Å²) >= 11 is 0. The third-order valence-electron chi connectivity index (χ3n) is 10.5. The van der Waals surface area contributed by atoms with Crippen LogP contribution in [0.3, 0.4) is 0 Å². The standard InChI is InChI=1S/C48H34N4O/c1-48(2)39-25-14-23-35(33-28-29-42-38(30-33)36-22-12-13-27-41(36)52(42)34-20-10-5-11-21-34)43(39)53-44-37(24-15-26-40(44)48)47-50-45(31-16-6-3-7-17-31)49-46(51-47)32-18-8-4-9-19-32/h3-30H,1-2H3. The minimum Gasteiger partial charge on any atom is -0.455 e. The molecule has 0 bridgehead atoms. The van der Waals surface area contributed by atoms with Gasteiger partial charge in [-0.2, -0.15) is 0 Å². The normalized spacial score (nSPS) is 13.0. The van der Waals surface area contributed by atoms with Gasteiger partial charge in [0, 0.05) is 49.7 Å². The molecular formula is C48H34N4O. The molecule has 1 aliphatic heterocycles. The first kappa shape index (κ1) is 30.9. The Kier molecular flexibility index (Phi) is 7.08. The number of aromatic nitrogens is 4. The Bertz CT molecular complexity index is 2770. The number of para-hydroxylation sites is 4. The van der Waals surface area contributed by atoms with E-state index in [1.807, 2.05) is 60.7 Å². The largest absolute Gasteiger partial charge is 0.455 e. The molecule has 9 aromatic rings. The summed E-state index contributed by atoms with van der Waals surface area (Å²) in [4.78, 5) is 15.1. The van der Waals surface area contributed by atoms with Gasteiger partial charge in [0.15, 0.2) is 17.5 Å². The van der Waals surface area contributed by atoms with Gasteiger partial charge in [-0.1, -0.05) is 147 Å². The lowest BCUT2D eigenvalue weighted by Crippen LogP contribution is -2.25. The second kappa shape index (κ2) is 12.1. The molecule has 0 N–H and O–H groups in total. The number of hydrogen-bond acceptors (Lipinski definition) is 4. The van der Waals surface area contributed by atoms with E-state index < -0.39 is 0 Å². The monoisotopic (exact) mass is 682 g/mol. The number of fused-ring (bicyclic) bond motifs is 5. The highest BCUT2D eigenvalue weighted by atomic mass is 16.5. The fourth-order valence-electron chi connectivity index (χ4n) is 7.85. The molecule has 10 rings (SSSR count). The van der Waals surface area contributed by atoms with Gasteiger partial charge in [-0.3, -0.25) is 0 Å². The second-order valence-electron chi connectivity index (χ2n) is 14.0. The molecule has 0 unspecified atom stereocenters. The average Bonchev–Trinajstić information content (AvgIpc) is 3.55. The molecule has 2 aromatic heterocycles. The maximum Gasteiger partial charge on any atom is 0.167 e. The summed E-state index contributed by atoms with van der Waals surface area (Å²) in [6.07, 6.45) is 0. The number of hydrogen-bond donors (Lipinski definition) is 0. The van der Waals surface area contributed by atoms with Crippen LogP contribution in [0.5, 0.6) is 11.5 Å². The third-order valence-corrected chi connectivity index (χ3v) is 10.5. The zero-order valence-corrected chi connectivity index (χ0v) is 29.4. The fourth-order valence-corrected chi connectivity index (χ4v) is 7.85. The van der Waals surface area contributed by atoms with E-state index in [1.165, 1.54) is 16.3 Å². The van der Waals surface area contributed by atoms with Gasteiger partial charge in [-0.15, -0.1) is 0 Å². The van der Waals surface area contributed by atoms with E-state index >= 15 is 0 Å². The summed E-state index contributed by atoms with van der Waals surface area (Å²) in [5, 5.41) is 2.41. The van der Waals surface area contributed by atoms with Crippen LogP contribution in [-0.4, -0.2) is 19.5 Å². The van der Waals surface area contributed by atoms with Gasteiger partial charge in [0.1, 0.15) is 11.5 Å². The lowest BCUT2D eigenvalue weighted by Gasteiger charge is -2.36. The molecule has 5 nitrogen and oxygen atoms in total. The molecule has 0 atom stereocenters. The molecule has 7 aromatic carbocycles. The van der Waals surface area contributed by atoms with Crippen molar-refractivity contribution in [3.63, 3.8) is 0 Å². The van der Waals surface area contributed by atoms with E-state index in [4.69, 9.17) is 19.7 Å². The molecule has 1 aliphatic rings. The van der Waals surface area contributed by atoms with Crippen LogP contribution in [-0.2, 0) is 5.41 Å². The van der Waals surface area contributed by atoms with E-state index in [9.17, 15) is 0 Å². The van der Waals surface area contributed by atoms with Gasteiger partial charge in [0.2, 0.25) is 0 Å². The Morgan fingerprint density at radius 1 is 0.434 bits per heavy atom. The summed E-state index contributed by atoms with van der Waals surface area (Å²) in [6.45, 7) is 4.55. The quantitative estimate of drug-likeness (QED) is 0.181. The Hall–Kier alpha value is -6.85. The van der Waals surface area contributed by atoms with Crippen LogP contribution in [0.4, 0.5) is 0 Å². The predicted octanol–water partition coefficient (Wildman–Crippen LogP) is 12.1. The molecule has 0 amide bonds. The second-order valence-corrected chi connectivity index (χ2v) is 14.0. The summed E-state index contributed by atoms with van der Waals surface area (Å²) < 4.78 is 9.49. The minimum atomic E-state index is -0.361. The number of rotatable bonds is 5. The third kappa shape index (κ3) is 5.04. The first-order valence-electron chi connectivity index (χ1n) is 18.0. The van der Waals surface area contributed by atoms with Gasteiger partial charge in [0.05, 0.1) is 16.6 Å². The number of nitrogens with zero attached hydrogens (tertiary/aromatic N) is 4. The van der Waals surface area contributed by atoms with Gasteiger partial charge < -0.3 is 9.30 Å². The maximum absolute atomic E-state index is 7.14. The Balaban J connectivity index is 1.15. The topological polar surface area (TPSA) is 52.8 Å². The van der Waals surface area contributed by atoms with Crippen molar-refractivity contribution < 1.29 is 4.74 Å². The van der Waals surface area contributed by atoms with Crippen molar-refractivity contribution in [3.05, 3.63) is 181 Å². The van der Waals surface area contributed by atoms with Crippen LogP contribution >= 0.6 is 0 Å². The molecule has 0 saturated heterocycles. The van der Waals surface area contributed by atoms with Crippen molar-refractivity contribution in [1.82, 2.24) is 19.5 Å². The smallest absolute Gasteiger partial charge is 0.167 e. The van der Waals surface area contributed by atoms with Crippen molar-refractivity contribution in [2.75, 3.05) is 0 Å². The first-order chi connectivity index (χ1) is 26.0. The van der Waals surface area contributed by atoms with Crippen LogP contribution in [0.25, 0.3) is 72.8 Å². The van der Waals surface area contributed by atoms with Crippen molar-refractivity contribution in [2.45, 2.75) is 19.3 Å². The first-order valence-corrected chi connectivity index (χ1v) is 18.0. The lowest BCUT2D eigenvalue weighted by atomic mass is 9.74. The minimum absolute atomic E-state index is 0.361. The molecule has 0 aliphatic carbocycles. The summed E-state index contributed by atoms with van der Waals surface area (Å²) in [7, 11) is 0. The zero-order chi connectivity index (χ0) is 35.5.